The summed E-state index contributed by atoms with van der Waals surface area (Å²) in [6, 6.07) is 0. The average Bonchev–Trinajstić information content (AvgIpc) is 2.10. The van der Waals surface area contributed by atoms with E-state index in [-0.39, 0.29) is 6.61 Å². The zero-order chi connectivity index (χ0) is 11.9. The zero-order valence-corrected chi connectivity index (χ0v) is 10.3. The molecule has 1 atom stereocenters. The van der Waals surface area contributed by atoms with Crippen molar-refractivity contribution in [2.45, 2.75) is 29.7 Å². The molecule has 0 saturated heterocycles. The molecule has 88 valence electrons. The lowest BCUT2D eigenvalue weighted by Gasteiger charge is -2.14. The zero-order valence-electron chi connectivity index (χ0n) is 8.04. The van der Waals surface area contributed by atoms with Gasteiger partial charge in [0.15, 0.2) is 0 Å². The highest BCUT2D eigenvalue weighted by molar-refractivity contribution is 6.67. The first-order valence-corrected chi connectivity index (χ1v) is 5.32. The van der Waals surface area contributed by atoms with E-state index in [1.165, 1.54) is 0 Å². The van der Waals surface area contributed by atoms with Gasteiger partial charge in [-0.2, -0.15) is 0 Å². The van der Waals surface area contributed by atoms with Crippen molar-refractivity contribution < 1.29 is 19.1 Å². The highest BCUT2D eigenvalue weighted by Crippen LogP contribution is 2.26. The summed E-state index contributed by atoms with van der Waals surface area (Å²) in [6.07, 6.45) is 0.176. The maximum Gasteiger partial charge on any atom is 0.508 e. The van der Waals surface area contributed by atoms with Gasteiger partial charge in [-0.25, -0.2) is 4.79 Å². The van der Waals surface area contributed by atoms with Crippen molar-refractivity contribution in [3.63, 3.8) is 0 Å². The van der Waals surface area contributed by atoms with Crippen molar-refractivity contribution in [2.75, 3.05) is 6.61 Å². The molecule has 0 N–H and O–H groups in total. The van der Waals surface area contributed by atoms with Gasteiger partial charge in [0.05, 0.1) is 0 Å². The highest BCUT2D eigenvalue weighted by Gasteiger charge is 2.23. The van der Waals surface area contributed by atoms with Gasteiger partial charge in [0.1, 0.15) is 19.0 Å². The van der Waals surface area contributed by atoms with Gasteiger partial charge >= 0.3 is 6.16 Å². The third kappa shape index (κ3) is 10.1. The molecule has 0 aromatic carbocycles. The van der Waals surface area contributed by atoms with Crippen molar-refractivity contribution in [3.8, 4) is 0 Å². The second-order valence-electron chi connectivity index (χ2n) is 2.83. The summed E-state index contributed by atoms with van der Waals surface area (Å²) in [7, 11) is 0. The van der Waals surface area contributed by atoms with Crippen LogP contribution in [0, 0.1) is 0 Å². The first-order valence-electron chi connectivity index (χ1n) is 4.19. The smallest absolute Gasteiger partial charge is 0.431 e. The highest BCUT2D eigenvalue weighted by atomic mass is 35.6. The summed E-state index contributed by atoms with van der Waals surface area (Å²) >= 11 is 16.0. The molecule has 0 rings (SSSR count). The van der Waals surface area contributed by atoms with Gasteiger partial charge in [-0.1, -0.05) is 34.8 Å². The van der Waals surface area contributed by atoms with Crippen molar-refractivity contribution in [1.29, 1.82) is 0 Å². The van der Waals surface area contributed by atoms with Gasteiger partial charge in [0.25, 0.3) is 0 Å². The van der Waals surface area contributed by atoms with Crippen LogP contribution in [0.4, 0.5) is 4.79 Å². The van der Waals surface area contributed by atoms with Crippen LogP contribution in [0.2, 0.25) is 0 Å². The molecule has 0 aliphatic heterocycles. The summed E-state index contributed by atoms with van der Waals surface area (Å²) in [5, 5.41) is 0. The predicted octanol–water partition coefficient (Wildman–Crippen LogP) is 2.88. The fourth-order valence-electron chi connectivity index (χ4n) is 0.701. The summed E-state index contributed by atoms with van der Waals surface area (Å²) < 4.78 is 7.62. The molecule has 0 aromatic rings. The van der Waals surface area contributed by atoms with Crippen molar-refractivity contribution >= 4 is 47.2 Å². The normalized spacial score (nSPS) is 13.1. The molecule has 0 bridgehead atoms. The summed E-state index contributed by atoms with van der Waals surface area (Å²) in [6.45, 7) is 1.26. The van der Waals surface area contributed by atoms with Crippen LogP contribution < -0.4 is 0 Å². The Morgan fingerprint density at radius 2 is 2.07 bits per heavy atom. The molecule has 0 fully saturated rings. The van der Waals surface area contributed by atoms with E-state index in [9.17, 15) is 9.59 Å². The molecule has 0 saturated carbocycles. The fourth-order valence-corrected chi connectivity index (χ4v) is 0.864. The Bertz CT molecular complexity index is 214. The van der Waals surface area contributed by atoms with Crippen molar-refractivity contribution in [1.82, 2.24) is 0 Å². The van der Waals surface area contributed by atoms with Crippen LogP contribution in [0.5, 0.6) is 0 Å². The molecular weight excluding hydrogens is 266 g/mol. The largest absolute Gasteiger partial charge is 0.508 e. The monoisotopic (exact) mass is 276 g/mol. The second kappa shape index (κ2) is 7.14. The minimum atomic E-state index is -1.65. The number of rotatable bonds is 5. The lowest BCUT2D eigenvalue weighted by atomic mass is 10.2. The molecule has 0 aliphatic rings. The molecule has 0 aliphatic carbocycles. The molecule has 4 nitrogen and oxygen atoms in total. The van der Waals surface area contributed by atoms with Gasteiger partial charge in [-0.15, -0.1) is 0 Å². The third-order valence-corrected chi connectivity index (χ3v) is 1.67. The van der Waals surface area contributed by atoms with E-state index < -0.39 is 16.1 Å². The standard InChI is InChI=1S/C8H11Cl3O4/c1-6(3-2-4-12)15-7(13)14-5-8(9,10)11/h4,6H,2-3,5H2,1H3. The number of hydrogen-bond acceptors (Lipinski definition) is 4. The predicted molar refractivity (Wildman–Crippen MR) is 57.5 cm³/mol. The average molecular weight is 278 g/mol. The van der Waals surface area contributed by atoms with E-state index in [0.717, 1.165) is 6.29 Å². The number of aldehydes is 1. The van der Waals surface area contributed by atoms with Crippen LogP contribution in [-0.2, 0) is 14.3 Å². The van der Waals surface area contributed by atoms with E-state index in [1.807, 2.05) is 0 Å². The fraction of sp³-hybridized carbons (Fsp3) is 0.750. The summed E-state index contributed by atoms with van der Waals surface area (Å²) in [5.74, 6) is 0. The maximum atomic E-state index is 11.0. The molecule has 15 heavy (non-hydrogen) atoms. The second-order valence-corrected chi connectivity index (χ2v) is 5.34. The van der Waals surface area contributed by atoms with Crippen LogP contribution in [0.1, 0.15) is 19.8 Å². The van der Waals surface area contributed by atoms with Gasteiger partial charge in [-0.3, -0.25) is 0 Å². The van der Waals surface area contributed by atoms with Gasteiger partial charge in [0.2, 0.25) is 3.79 Å². The van der Waals surface area contributed by atoms with Crippen LogP contribution in [0.25, 0.3) is 0 Å². The van der Waals surface area contributed by atoms with Crippen molar-refractivity contribution in [2.24, 2.45) is 0 Å². The molecule has 0 heterocycles. The molecule has 1 unspecified atom stereocenters. The molecule has 0 amide bonds. The lowest BCUT2D eigenvalue weighted by molar-refractivity contribution is -0.108. The number of ether oxygens (including phenoxy) is 2. The number of carbonyl (C=O) groups excluding carboxylic acids is 2. The van der Waals surface area contributed by atoms with Gasteiger partial charge in [0, 0.05) is 6.42 Å². The lowest BCUT2D eigenvalue weighted by Crippen LogP contribution is -2.21. The van der Waals surface area contributed by atoms with E-state index in [4.69, 9.17) is 39.5 Å². The minimum absolute atomic E-state index is 0.318. The number of halogens is 3. The molecule has 0 radical (unpaired) electrons. The number of alkyl halides is 3. The Balaban J connectivity index is 3.69. The molecule has 0 aromatic heterocycles. The topological polar surface area (TPSA) is 52.6 Å². The molecule has 0 spiro atoms. The number of carbonyl (C=O) groups is 2. The van der Waals surface area contributed by atoms with E-state index in [2.05, 4.69) is 4.74 Å². The molecule has 7 heteroatoms. The maximum absolute atomic E-state index is 11.0. The number of hydrogen-bond donors (Lipinski definition) is 0. The quantitative estimate of drug-likeness (QED) is 0.440. The van der Waals surface area contributed by atoms with Crippen LogP contribution in [0.3, 0.4) is 0 Å². The first kappa shape index (κ1) is 14.8. The van der Waals surface area contributed by atoms with E-state index >= 15 is 0 Å². The van der Waals surface area contributed by atoms with Crippen LogP contribution in [0.15, 0.2) is 0 Å². The Hall–Kier alpha value is -0.190. The minimum Gasteiger partial charge on any atom is -0.431 e. The molecular formula is C8H11Cl3O4. The van der Waals surface area contributed by atoms with Crippen LogP contribution >= 0.6 is 34.8 Å². The third-order valence-electron chi connectivity index (χ3n) is 1.34. The Labute approximate surface area is 103 Å². The summed E-state index contributed by atoms with van der Waals surface area (Å²) in [4.78, 5) is 21.0. The van der Waals surface area contributed by atoms with Gasteiger partial charge in [-0.05, 0) is 13.3 Å². The van der Waals surface area contributed by atoms with Crippen LogP contribution in [-0.4, -0.2) is 28.9 Å². The van der Waals surface area contributed by atoms with Gasteiger partial charge < -0.3 is 14.3 Å². The SMILES string of the molecule is CC(CCC=O)OC(=O)OCC(Cl)(Cl)Cl. The Morgan fingerprint density at radius 3 is 2.53 bits per heavy atom. The van der Waals surface area contributed by atoms with E-state index in [1.54, 1.807) is 6.92 Å². The first-order chi connectivity index (χ1) is 6.85. The summed E-state index contributed by atoms with van der Waals surface area (Å²) in [5.41, 5.74) is 0. The van der Waals surface area contributed by atoms with Crippen molar-refractivity contribution in [3.05, 3.63) is 0 Å². The Morgan fingerprint density at radius 1 is 1.47 bits per heavy atom. The van der Waals surface area contributed by atoms with E-state index in [0.29, 0.717) is 12.8 Å². The Kier molecular flexibility index (Phi) is 7.05.